The van der Waals surface area contributed by atoms with Crippen molar-refractivity contribution in [2.75, 3.05) is 51.8 Å². The molecule has 0 aromatic heterocycles. The lowest BCUT2D eigenvalue weighted by molar-refractivity contribution is -0.892. The van der Waals surface area contributed by atoms with E-state index in [0.717, 1.165) is 43.2 Å². The summed E-state index contributed by atoms with van der Waals surface area (Å²) in [5.74, 6) is 0.528. The Bertz CT molecular complexity index is 830. The van der Waals surface area contributed by atoms with Gasteiger partial charge in [-0.05, 0) is 29.8 Å². The molecule has 1 saturated heterocycles. The van der Waals surface area contributed by atoms with E-state index in [0.29, 0.717) is 18.7 Å². The molecule has 0 aliphatic carbocycles. The highest BCUT2D eigenvalue weighted by molar-refractivity contribution is 5.89. The molecule has 0 radical (unpaired) electrons. The van der Waals surface area contributed by atoms with Crippen molar-refractivity contribution < 1.29 is 24.0 Å². The highest BCUT2D eigenvalue weighted by atomic mass is 16.5. The van der Waals surface area contributed by atoms with E-state index < -0.39 is 0 Å². The fourth-order valence-corrected chi connectivity index (χ4v) is 3.43. The second kappa shape index (κ2) is 9.93. The smallest absolute Gasteiger partial charge is 0.337 e. The summed E-state index contributed by atoms with van der Waals surface area (Å²) in [5.41, 5.74) is 2.60. The molecular weight excluding hydrogens is 370 g/mol. The number of benzene rings is 2. The SMILES string of the molecule is COC(=O)c1ccc(CNC(=O)C[NH+]2CCN(c3cccc(OC)c3)CC2)cc1. The number of carbonyl (C=O) groups excluding carboxylic acids is 2. The first-order valence-electron chi connectivity index (χ1n) is 9.75. The second-order valence-corrected chi connectivity index (χ2v) is 7.08. The molecule has 1 aliphatic heterocycles. The minimum Gasteiger partial charge on any atom is -0.497 e. The molecule has 2 aromatic rings. The number of hydrogen-bond acceptors (Lipinski definition) is 5. The lowest BCUT2D eigenvalue weighted by Gasteiger charge is -2.33. The maximum absolute atomic E-state index is 12.3. The maximum atomic E-state index is 12.3. The van der Waals surface area contributed by atoms with Gasteiger partial charge >= 0.3 is 5.97 Å². The Hall–Kier alpha value is -3.06. The molecule has 1 aliphatic rings. The molecule has 2 aromatic carbocycles. The summed E-state index contributed by atoms with van der Waals surface area (Å²) in [7, 11) is 3.03. The lowest BCUT2D eigenvalue weighted by atomic mass is 10.1. The van der Waals surface area contributed by atoms with Crippen molar-refractivity contribution in [3.8, 4) is 5.75 Å². The summed E-state index contributed by atoms with van der Waals surface area (Å²) >= 11 is 0. The quantitative estimate of drug-likeness (QED) is 0.665. The molecule has 1 heterocycles. The number of rotatable bonds is 7. The third-order valence-corrected chi connectivity index (χ3v) is 5.16. The molecule has 0 atom stereocenters. The van der Waals surface area contributed by atoms with E-state index in [9.17, 15) is 9.59 Å². The van der Waals surface area contributed by atoms with Crippen LogP contribution in [0.15, 0.2) is 48.5 Å². The standard InChI is InChI=1S/C22H27N3O4/c1-28-20-5-3-4-19(14-20)25-12-10-24(11-13-25)16-21(26)23-15-17-6-8-18(9-7-17)22(27)29-2/h3-9,14H,10-13,15-16H2,1-2H3,(H,23,26)/p+1. The topological polar surface area (TPSA) is 72.3 Å². The van der Waals surface area contributed by atoms with Gasteiger partial charge in [0.2, 0.25) is 0 Å². The average molecular weight is 398 g/mol. The number of methoxy groups -OCH3 is 2. The van der Waals surface area contributed by atoms with Crippen LogP contribution in [0.1, 0.15) is 15.9 Å². The van der Waals surface area contributed by atoms with Gasteiger partial charge in [-0.3, -0.25) is 4.79 Å². The minimum absolute atomic E-state index is 0.0341. The highest BCUT2D eigenvalue weighted by Crippen LogP contribution is 2.20. The van der Waals surface area contributed by atoms with Crippen molar-refractivity contribution in [2.24, 2.45) is 0 Å². The van der Waals surface area contributed by atoms with E-state index in [-0.39, 0.29) is 11.9 Å². The van der Waals surface area contributed by atoms with Crippen LogP contribution >= 0.6 is 0 Å². The molecule has 7 heteroatoms. The summed E-state index contributed by atoms with van der Waals surface area (Å²) in [5, 5.41) is 2.96. The molecule has 0 spiro atoms. The molecule has 0 saturated carbocycles. The molecule has 1 fully saturated rings. The number of amides is 1. The summed E-state index contributed by atoms with van der Waals surface area (Å²) in [6.45, 7) is 4.56. The predicted molar refractivity (Wildman–Crippen MR) is 110 cm³/mol. The number of hydrogen-bond donors (Lipinski definition) is 2. The van der Waals surface area contributed by atoms with Crippen LogP contribution in [0.5, 0.6) is 5.75 Å². The summed E-state index contributed by atoms with van der Waals surface area (Å²) in [4.78, 5) is 27.4. The normalized spacial score (nSPS) is 14.3. The first-order chi connectivity index (χ1) is 14.1. The van der Waals surface area contributed by atoms with E-state index in [1.807, 2.05) is 30.3 Å². The highest BCUT2D eigenvalue weighted by Gasteiger charge is 2.22. The van der Waals surface area contributed by atoms with Gasteiger partial charge < -0.3 is 24.6 Å². The van der Waals surface area contributed by atoms with Crippen LogP contribution in [0.25, 0.3) is 0 Å². The number of piperazine rings is 1. The summed E-state index contributed by atoms with van der Waals surface area (Å²) in [6.07, 6.45) is 0. The molecule has 2 N–H and O–H groups in total. The van der Waals surface area contributed by atoms with Gasteiger partial charge in [0.1, 0.15) is 5.75 Å². The van der Waals surface area contributed by atoms with Crippen LogP contribution in [0, 0.1) is 0 Å². The van der Waals surface area contributed by atoms with E-state index >= 15 is 0 Å². The Balaban J connectivity index is 1.42. The monoisotopic (exact) mass is 398 g/mol. The first kappa shape index (κ1) is 20.7. The number of anilines is 1. The molecule has 1 amide bonds. The third-order valence-electron chi connectivity index (χ3n) is 5.16. The summed E-state index contributed by atoms with van der Waals surface area (Å²) < 4.78 is 9.98. The molecule has 3 rings (SSSR count). The molecule has 0 bridgehead atoms. The van der Waals surface area contributed by atoms with Gasteiger partial charge in [-0.2, -0.15) is 0 Å². The first-order valence-corrected chi connectivity index (χ1v) is 9.75. The van der Waals surface area contributed by atoms with Crippen molar-refractivity contribution in [3.05, 3.63) is 59.7 Å². The van der Waals surface area contributed by atoms with Gasteiger partial charge in [0.05, 0.1) is 46.0 Å². The summed E-state index contributed by atoms with van der Waals surface area (Å²) in [6, 6.07) is 15.1. The number of carbonyl (C=O) groups is 2. The fraction of sp³-hybridized carbons (Fsp3) is 0.364. The van der Waals surface area contributed by atoms with Crippen molar-refractivity contribution in [1.29, 1.82) is 0 Å². The molecule has 0 unspecified atom stereocenters. The van der Waals surface area contributed by atoms with Crippen LogP contribution in [-0.2, 0) is 16.1 Å². The molecule has 7 nitrogen and oxygen atoms in total. The largest absolute Gasteiger partial charge is 0.497 e. The minimum atomic E-state index is -0.364. The van der Waals surface area contributed by atoms with Crippen molar-refractivity contribution in [3.63, 3.8) is 0 Å². The van der Waals surface area contributed by atoms with Crippen molar-refractivity contribution in [1.82, 2.24) is 5.32 Å². The van der Waals surface area contributed by atoms with Crippen LogP contribution < -0.4 is 19.9 Å². The predicted octanol–water partition coefficient (Wildman–Crippen LogP) is 0.503. The Labute approximate surface area is 171 Å². The van der Waals surface area contributed by atoms with E-state index in [2.05, 4.69) is 21.0 Å². The van der Waals surface area contributed by atoms with Gasteiger partial charge in [-0.25, -0.2) is 4.79 Å². The van der Waals surface area contributed by atoms with Crippen LogP contribution in [0.4, 0.5) is 5.69 Å². The van der Waals surface area contributed by atoms with Gasteiger partial charge in [-0.15, -0.1) is 0 Å². The van der Waals surface area contributed by atoms with Crippen LogP contribution in [0.2, 0.25) is 0 Å². The Morgan fingerprint density at radius 3 is 2.45 bits per heavy atom. The molecule has 29 heavy (non-hydrogen) atoms. The fourth-order valence-electron chi connectivity index (χ4n) is 3.43. The van der Waals surface area contributed by atoms with Crippen molar-refractivity contribution >= 4 is 17.6 Å². The molecule has 154 valence electrons. The third kappa shape index (κ3) is 5.71. The van der Waals surface area contributed by atoms with Gasteiger partial charge in [-0.1, -0.05) is 18.2 Å². The van der Waals surface area contributed by atoms with E-state index in [1.165, 1.54) is 12.0 Å². The zero-order valence-corrected chi connectivity index (χ0v) is 16.9. The van der Waals surface area contributed by atoms with Crippen molar-refractivity contribution in [2.45, 2.75) is 6.54 Å². The van der Waals surface area contributed by atoms with E-state index in [1.54, 1.807) is 19.2 Å². The average Bonchev–Trinajstić information content (AvgIpc) is 2.78. The Morgan fingerprint density at radius 1 is 1.07 bits per heavy atom. The van der Waals surface area contributed by atoms with Gasteiger partial charge in [0.15, 0.2) is 6.54 Å². The zero-order valence-electron chi connectivity index (χ0n) is 16.9. The van der Waals surface area contributed by atoms with Gasteiger partial charge in [0.25, 0.3) is 5.91 Å². The van der Waals surface area contributed by atoms with E-state index in [4.69, 9.17) is 4.74 Å². The van der Waals surface area contributed by atoms with Crippen LogP contribution in [-0.4, -0.2) is 58.8 Å². The van der Waals surface area contributed by atoms with Crippen LogP contribution in [0.3, 0.4) is 0 Å². The Morgan fingerprint density at radius 2 is 1.79 bits per heavy atom. The number of ether oxygens (including phenoxy) is 2. The number of nitrogens with zero attached hydrogens (tertiary/aromatic N) is 1. The maximum Gasteiger partial charge on any atom is 0.337 e. The number of quaternary nitrogens is 1. The lowest BCUT2D eigenvalue weighted by Crippen LogP contribution is -3.15. The Kier molecular flexibility index (Phi) is 7.08. The van der Waals surface area contributed by atoms with Gasteiger partial charge in [0, 0.05) is 18.3 Å². The zero-order chi connectivity index (χ0) is 20.6. The number of nitrogens with one attached hydrogen (secondary N) is 2. The second-order valence-electron chi connectivity index (χ2n) is 7.08. The molecular formula is C22H28N3O4+. The number of esters is 1.